The lowest BCUT2D eigenvalue weighted by molar-refractivity contribution is -0.131. The number of rotatable bonds is 5. The number of piperazine rings is 1. The first-order valence-corrected chi connectivity index (χ1v) is 10.0. The third kappa shape index (κ3) is 4.52. The van der Waals surface area contributed by atoms with Gasteiger partial charge < -0.3 is 15.1 Å². The van der Waals surface area contributed by atoms with Gasteiger partial charge in [0.2, 0.25) is 5.91 Å². The van der Waals surface area contributed by atoms with Crippen molar-refractivity contribution in [3.63, 3.8) is 0 Å². The van der Waals surface area contributed by atoms with Crippen LogP contribution in [0.4, 0.5) is 0 Å². The predicted molar refractivity (Wildman–Crippen MR) is 110 cm³/mol. The van der Waals surface area contributed by atoms with Gasteiger partial charge in [-0.25, -0.2) is 0 Å². The van der Waals surface area contributed by atoms with Crippen molar-refractivity contribution in [2.24, 2.45) is 0 Å². The zero-order chi connectivity index (χ0) is 18.8. The van der Waals surface area contributed by atoms with Crippen LogP contribution in [0.15, 0.2) is 48.5 Å². The third-order valence-corrected chi connectivity index (χ3v) is 5.93. The second kappa shape index (κ2) is 8.01. The van der Waals surface area contributed by atoms with E-state index in [9.17, 15) is 4.79 Å². The minimum absolute atomic E-state index is 0.229. The SMILES string of the molecule is CN1CCN(C(=O)CN[C@@H]2C[C@H]2c2ccc(-c3ccc(Cl)cc3)cc2)CC1. The highest BCUT2D eigenvalue weighted by Gasteiger charge is 2.38. The van der Waals surface area contributed by atoms with Crippen LogP contribution in [0, 0.1) is 0 Å². The molecule has 1 aliphatic carbocycles. The molecule has 2 aromatic rings. The quantitative estimate of drug-likeness (QED) is 0.861. The van der Waals surface area contributed by atoms with Crippen molar-refractivity contribution < 1.29 is 4.79 Å². The maximum Gasteiger partial charge on any atom is 0.236 e. The highest BCUT2D eigenvalue weighted by molar-refractivity contribution is 6.30. The second-order valence-corrected chi connectivity index (χ2v) is 8.08. The van der Waals surface area contributed by atoms with E-state index in [1.54, 1.807) is 0 Å². The summed E-state index contributed by atoms with van der Waals surface area (Å²) in [7, 11) is 2.10. The first kappa shape index (κ1) is 18.5. The zero-order valence-corrected chi connectivity index (χ0v) is 16.5. The van der Waals surface area contributed by atoms with Crippen LogP contribution in [0.1, 0.15) is 17.9 Å². The molecular weight excluding hydrogens is 358 g/mol. The van der Waals surface area contributed by atoms with Gasteiger partial charge in [-0.05, 0) is 42.3 Å². The number of nitrogens with one attached hydrogen (secondary N) is 1. The average Bonchev–Trinajstić information content (AvgIpc) is 3.47. The summed E-state index contributed by atoms with van der Waals surface area (Å²) >= 11 is 5.96. The molecule has 2 aliphatic rings. The second-order valence-electron chi connectivity index (χ2n) is 7.64. The van der Waals surface area contributed by atoms with Crippen molar-refractivity contribution in [1.29, 1.82) is 0 Å². The first-order chi connectivity index (χ1) is 13.1. The molecule has 142 valence electrons. The number of carbonyl (C=O) groups excluding carboxylic acids is 1. The highest BCUT2D eigenvalue weighted by Crippen LogP contribution is 2.41. The molecule has 2 atom stereocenters. The third-order valence-electron chi connectivity index (χ3n) is 5.68. The molecule has 4 nitrogen and oxygen atoms in total. The number of amides is 1. The van der Waals surface area contributed by atoms with E-state index in [0.29, 0.717) is 18.5 Å². The average molecular weight is 384 g/mol. The number of nitrogens with zero attached hydrogens (tertiary/aromatic N) is 2. The molecule has 1 saturated heterocycles. The summed E-state index contributed by atoms with van der Waals surface area (Å²) in [5.41, 5.74) is 3.72. The highest BCUT2D eigenvalue weighted by atomic mass is 35.5. The van der Waals surface area contributed by atoms with E-state index >= 15 is 0 Å². The van der Waals surface area contributed by atoms with E-state index in [2.05, 4.69) is 41.5 Å². The number of likely N-dealkylation sites (N-methyl/N-ethyl adjacent to an activating group) is 1. The summed E-state index contributed by atoms with van der Waals surface area (Å²) < 4.78 is 0. The lowest BCUT2D eigenvalue weighted by Crippen LogP contribution is -2.49. The summed E-state index contributed by atoms with van der Waals surface area (Å²) in [5, 5.41) is 4.20. The molecule has 1 amide bonds. The molecule has 0 unspecified atom stereocenters. The van der Waals surface area contributed by atoms with Gasteiger partial charge in [0.1, 0.15) is 0 Å². The normalized spacial score (nSPS) is 22.7. The van der Waals surface area contributed by atoms with Crippen LogP contribution in [0.5, 0.6) is 0 Å². The predicted octanol–water partition coefficient (Wildman–Crippen LogP) is 3.23. The van der Waals surface area contributed by atoms with E-state index in [-0.39, 0.29) is 5.91 Å². The molecule has 27 heavy (non-hydrogen) atoms. The van der Waals surface area contributed by atoms with Crippen molar-refractivity contribution in [3.8, 4) is 11.1 Å². The standard InChI is InChI=1S/C22H26ClN3O/c1-25-10-12-26(13-11-25)22(27)15-24-21-14-20(21)18-4-2-16(3-5-18)17-6-8-19(23)9-7-17/h2-9,20-21,24H,10-15H2,1H3/t20-,21+/m0/s1. The molecule has 2 fully saturated rings. The van der Waals surface area contributed by atoms with E-state index in [0.717, 1.165) is 37.6 Å². The lowest BCUT2D eigenvalue weighted by atomic mass is 10.0. The Morgan fingerprint density at radius 2 is 1.59 bits per heavy atom. The summed E-state index contributed by atoms with van der Waals surface area (Å²) in [6.07, 6.45) is 1.11. The van der Waals surface area contributed by atoms with Gasteiger partial charge in [-0.1, -0.05) is 48.0 Å². The molecule has 0 bridgehead atoms. The molecule has 4 rings (SSSR count). The van der Waals surface area contributed by atoms with E-state index < -0.39 is 0 Å². The summed E-state index contributed by atoms with van der Waals surface area (Å²) in [4.78, 5) is 16.6. The van der Waals surface area contributed by atoms with E-state index in [4.69, 9.17) is 11.6 Å². The molecule has 5 heteroatoms. The molecule has 1 heterocycles. The number of carbonyl (C=O) groups is 1. The van der Waals surface area contributed by atoms with Gasteiger partial charge in [0.05, 0.1) is 6.54 Å². The Bertz CT molecular complexity index is 782. The minimum atomic E-state index is 0.229. The molecular formula is C22H26ClN3O. The fourth-order valence-electron chi connectivity index (χ4n) is 3.74. The van der Waals surface area contributed by atoms with Crippen LogP contribution in [0.3, 0.4) is 0 Å². The van der Waals surface area contributed by atoms with Crippen molar-refractivity contribution in [2.75, 3.05) is 39.8 Å². The topological polar surface area (TPSA) is 35.6 Å². The van der Waals surface area contributed by atoms with Crippen molar-refractivity contribution >= 4 is 17.5 Å². The Balaban J connectivity index is 1.27. The largest absolute Gasteiger partial charge is 0.339 e. The molecule has 2 aromatic carbocycles. The van der Waals surface area contributed by atoms with Gasteiger partial charge in [0.15, 0.2) is 0 Å². The van der Waals surface area contributed by atoms with Gasteiger partial charge >= 0.3 is 0 Å². The lowest BCUT2D eigenvalue weighted by Gasteiger charge is -2.32. The van der Waals surface area contributed by atoms with Gasteiger partial charge in [0, 0.05) is 43.2 Å². The fraction of sp³-hybridized carbons (Fsp3) is 0.409. The van der Waals surface area contributed by atoms with Crippen molar-refractivity contribution in [1.82, 2.24) is 15.1 Å². The smallest absolute Gasteiger partial charge is 0.236 e. The number of hydrogen-bond acceptors (Lipinski definition) is 3. The summed E-state index contributed by atoms with van der Waals surface area (Å²) in [6.45, 7) is 4.08. The Hall–Kier alpha value is -1.88. The van der Waals surface area contributed by atoms with Crippen LogP contribution in [-0.2, 0) is 4.79 Å². The maximum absolute atomic E-state index is 12.3. The van der Waals surface area contributed by atoms with Crippen LogP contribution in [-0.4, -0.2) is 61.5 Å². The molecule has 0 aromatic heterocycles. The number of hydrogen-bond donors (Lipinski definition) is 1. The van der Waals surface area contributed by atoms with Gasteiger partial charge in [-0.15, -0.1) is 0 Å². The van der Waals surface area contributed by atoms with Crippen LogP contribution in [0.2, 0.25) is 5.02 Å². The van der Waals surface area contributed by atoms with Gasteiger partial charge in [0.25, 0.3) is 0 Å². The first-order valence-electron chi connectivity index (χ1n) is 9.66. The Morgan fingerprint density at radius 3 is 2.22 bits per heavy atom. The molecule has 0 radical (unpaired) electrons. The van der Waals surface area contributed by atoms with Gasteiger partial charge in [-0.3, -0.25) is 4.79 Å². The Morgan fingerprint density at radius 1 is 1.00 bits per heavy atom. The van der Waals surface area contributed by atoms with Gasteiger partial charge in [-0.2, -0.15) is 0 Å². The Kier molecular flexibility index (Phi) is 5.48. The Labute approximate surface area is 166 Å². The van der Waals surface area contributed by atoms with Crippen LogP contribution >= 0.6 is 11.6 Å². The van der Waals surface area contributed by atoms with Crippen molar-refractivity contribution in [2.45, 2.75) is 18.4 Å². The monoisotopic (exact) mass is 383 g/mol. The molecule has 1 aliphatic heterocycles. The number of benzene rings is 2. The molecule has 1 N–H and O–H groups in total. The van der Waals surface area contributed by atoms with Crippen LogP contribution in [0.25, 0.3) is 11.1 Å². The van der Waals surface area contributed by atoms with E-state index in [1.807, 2.05) is 29.2 Å². The number of halogens is 1. The van der Waals surface area contributed by atoms with Crippen LogP contribution < -0.4 is 5.32 Å². The summed E-state index contributed by atoms with van der Waals surface area (Å²) in [6, 6.07) is 17.1. The zero-order valence-electron chi connectivity index (χ0n) is 15.7. The molecule has 1 saturated carbocycles. The van der Waals surface area contributed by atoms with Crippen molar-refractivity contribution in [3.05, 3.63) is 59.1 Å². The summed E-state index contributed by atoms with van der Waals surface area (Å²) in [5.74, 6) is 0.747. The molecule has 0 spiro atoms. The maximum atomic E-state index is 12.3. The fourth-order valence-corrected chi connectivity index (χ4v) is 3.87. The minimum Gasteiger partial charge on any atom is -0.339 e. The van der Waals surface area contributed by atoms with E-state index in [1.165, 1.54) is 16.7 Å².